The summed E-state index contributed by atoms with van der Waals surface area (Å²) >= 11 is 0. The molecule has 0 bridgehead atoms. The Morgan fingerprint density at radius 3 is 2.16 bits per heavy atom. The van der Waals surface area contributed by atoms with Gasteiger partial charge in [-0.2, -0.15) is 0 Å². The molecule has 4 nitrogen and oxygen atoms in total. The topological polar surface area (TPSA) is 49.4 Å². The molecule has 2 amide bonds. The Morgan fingerprint density at radius 2 is 1.60 bits per heavy atom. The van der Waals surface area contributed by atoms with Gasteiger partial charge in [-0.15, -0.1) is 0 Å². The van der Waals surface area contributed by atoms with Crippen molar-refractivity contribution < 1.29 is 9.59 Å². The predicted molar refractivity (Wildman–Crippen MR) is 103 cm³/mol. The monoisotopic (exact) mass is 344 g/mol. The zero-order valence-corrected chi connectivity index (χ0v) is 16.0. The van der Waals surface area contributed by atoms with Gasteiger partial charge in [0.1, 0.15) is 0 Å². The van der Waals surface area contributed by atoms with Gasteiger partial charge in [0.25, 0.3) is 0 Å². The molecule has 1 N–H and O–H groups in total. The van der Waals surface area contributed by atoms with E-state index in [0.29, 0.717) is 5.92 Å². The zero-order valence-electron chi connectivity index (χ0n) is 16.0. The van der Waals surface area contributed by atoms with Gasteiger partial charge in [0.2, 0.25) is 11.8 Å². The molecular formula is C21H32N2O2. The molecule has 138 valence electrons. The first-order valence-corrected chi connectivity index (χ1v) is 9.66. The van der Waals surface area contributed by atoms with Crippen molar-refractivity contribution in [2.75, 3.05) is 18.4 Å². The molecule has 1 aliphatic rings. The van der Waals surface area contributed by atoms with Gasteiger partial charge in [0.05, 0.1) is 0 Å². The molecule has 0 aromatic heterocycles. The number of hydrogen-bond donors (Lipinski definition) is 1. The van der Waals surface area contributed by atoms with Crippen LogP contribution in [0.5, 0.6) is 0 Å². The fourth-order valence-electron chi connectivity index (χ4n) is 3.75. The van der Waals surface area contributed by atoms with Gasteiger partial charge in [-0.25, -0.2) is 0 Å². The first-order valence-electron chi connectivity index (χ1n) is 9.66. The molecule has 4 heteroatoms. The number of para-hydroxylation sites is 1. The van der Waals surface area contributed by atoms with Crippen LogP contribution >= 0.6 is 0 Å². The molecule has 25 heavy (non-hydrogen) atoms. The SMILES string of the molecule is CCN(CC)C(=O)C1CCC(C(=O)Nc2ccccc2C(C)C)CC1. The highest BCUT2D eigenvalue weighted by molar-refractivity contribution is 5.93. The van der Waals surface area contributed by atoms with E-state index in [1.165, 1.54) is 5.56 Å². The van der Waals surface area contributed by atoms with E-state index < -0.39 is 0 Å². The van der Waals surface area contributed by atoms with Crippen molar-refractivity contribution >= 4 is 17.5 Å². The standard InChI is InChI=1S/C21H32N2O2/c1-5-23(6-2)21(25)17-13-11-16(12-14-17)20(24)22-19-10-8-7-9-18(19)15(3)4/h7-10,15-17H,5-6,11-14H2,1-4H3,(H,22,24). The third kappa shape index (κ3) is 4.83. The summed E-state index contributed by atoms with van der Waals surface area (Å²) in [7, 11) is 0. The summed E-state index contributed by atoms with van der Waals surface area (Å²) < 4.78 is 0. The number of benzene rings is 1. The maximum atomic E-state index is 12.7. The first-order chi connectivity index (χ1) is 12.0. The van der Waals surface area contributed by atoms with E-state index in [4.69, 9.17) is 0 Å². The van der Waals surface area contributed by atoms with Crippen LogP contribution in [0, 0.1) is 11.8 Å². The van der Waals surface area contributed by atoms with Crippen molar-refractivity contribution in [2.45, 2.75) is 59.3 Å². The minimum Gasteiger partial charge on any atom is -0.343 e. The van der Waals surface area contributed by atoms with Gasteiger partial charge in [0.15, 0.2) is 0 Å². The fraction of sp³-hybridized carbons (Fsp3) is 0.619. The Kier molecular flexibility index (Phi) is 7.03. The second-order valence-corrected chi connectivity index (χ2v) is 7.29. The van der Waals surface area contributed by atoms with E-state index in [9.17, 15) is 9.59 Å². The number of amides is 2. The lowest BCUT2D eigenvalue weighted by Crippen LogP contribution is -2.38. The van der Waals surface area contributed by atoms with Crippen LogP contribution in [-0.2, 0) is 9.59 Å². The second kappa shape index (κ2) is 9.02. The third-order valence-electron chi connectivity index (χ3n) is 5.36. The van der Waals surface area contributed by atoms with Crippen molar-refractivity contribution in [3.05, 3.63) is 29.8 Å². The highest BCUT2D eigenvalue weighted by Crippen LogP contribution is 2.32. The Hall–Kier alpha value is -1.84. The Balaban J connectivity index is 1.93. The molecule has 1 saturated carbocycles. The van der Waals surface area contributed by atoms with Gasteiger partial charge in [-0.05, 0) is 57.1 Å². The van der Waals surface area contributed by atoms with Gasteiger partial charge in [0, 0.05) is 30.6 Å². The van der Waals surface area contributed by atoms with Crippen molar-refractivity contribution in [1.29, 1.82) is 0 Å². The van der Waals surface area contributed by atoms with E-state index in [0.717, 1.165) is 44.5 Å². The molecule has 0 aliphatic heterocycles. The van der Waals surface area contributed by atoms with Crippen LogP contribution in [0.1, 0.15) is 64.9 Å². The molecule has 0 heterocycles. The number of nitrogens with one attached hydrogen (secondary N) is 1. The molecule has 0 spiro atoms. The van der Waals surface area contributed by atoms with Crippen LogP contribution in [0.25, 0.3) is 0 Å². The summed E-state index contributed by atoms with van der Waals surface area (Å²) in [6.45, 7) is 9.84. The third-order valence-corrected chi connectivity index (χ3v) is 5.36. The average Bonchev–Trinajstić information content (AvgIpc) is 2.63. The number of anilines is 1. The van der Waals surface area contributed by atoms with Crippen LogP contribution in [0.15, 0.2) is 24.3 Å². The second-order valence-electron chi connectivity index (χ2n) is 7.29. The maximum Gasteiger partial charge on any atom is 0.227 e. The fourth-order valence-corrected chi connectivity index (χ4v) is 3.75. The van der Waals surface area contributed by atoms with Crippen molar-refractivity contribution in [1.82, 2.24) is 4.90 Å². The lowest BCUT2D eigenvalue weighted by atomic mass is 9.80. The quantitative estimate of drug-likeness (QED) is 0.830. The Bertz CT molecular complexity index is 585. The molecule has 1 aliphatic carbocycles. The van der Waals surface area contributed by atoms with E-state index in [-0.39, 0.29) is 23.7 Å². The molecule has 2 rings (SSSR count). The zero-order chi connectivity index (χ0) is 18.4. The van der Waals surface area contributed by atoms with Crippen LogP contribution in [0.2, 0.25) is 0 Å². The van der Waals surface area contributed by atoms with Gasteiger partial charge < -0.3 is 10.2 Å². The van der Waals surface area contributed by atoms with E-state index in [1.807, 2.05) is 36.9 Å². The predicted octanol–water partition coefficient (Wildman–Crippen LogP) is 4.42. The lowest BCUT2D eigenvalue weighted by molar-refractivity contribution is -0.137. The van der Waals surface area contributed by atoms with Crippen LogP contribution in [0.3, 0.4) is 0 Å². The van der Waals surface area contributed by atoms with Gasteiger partial charge in [-0.3, -0.25) is 9.59 Å². The summed E-state index contributed by atoms with van der Waals surface area (Å²) in [5.41, 5.74) is 2.09. The highest BCUT2D eigenvalue weighted by atomic mass is 16.2. The number of hydrogen-bond acceptors (Lipinski definition) is 2. The summed E-state index contributed by atoms with van der Waals surface area (Å²) in [4.78, 5) is 27.0. The molecule has 1 fully saturated rings. The summed E-state index contributed by atoms with van der Waals surface area (Å²) in [5.74, 6) is 0.836. The van der Waals surface area contributed by atoms with Gasteiger partial charge in [-0.1, -0.05) is 32.0 Å². The minimum absolute atomic E-state index is 0.0148. The van der Waals surface area contributed by atoms with E-state index in [2.05, 4.69) is 25.2 Å². The smallest absolute Gasteiger partial charge is 0.227 e. The minimum atomic E-state index is 0.0148. The van der Waals surface area contributed by atoms with Crippen molar-refractivity contribution in [3.8, 4) is 0 Å². The Labute approximate surface area is 152 Å². The molecule has 1 aromatic rings. The van der Waals surface area contributed by atoms with Gasteiger partial charge >= 0.3 is 0 Å². The van der Waals surface area contributed by atoms with Crippen LogP contribution < -0.4 is 5.32 Å². The molecule has 0 saturated heterocycles. The number of rotatable bonds is 6. The summed E-state index contributed by atoms with van der Waals surface area (Å²) in [6, 6.07) is 8.01. The van der Waals surface area contributed by atoms with Crippen LogP contribution in [-0.4, -0.2) is 29.8 Å². The first kappa shape index (κ1) is 19.5. The largest absolute Gasteiger partial charge is 0.343 e. The molecule has 0 unspecified atom stereocenters. The summed E-state index contributed by atoms with van der Waals surface area (Å²) in [6.07, 6.45) is 3.24. The van der Waals surface area contributed by atoms with E-state index in [1.54, 1.807) is 0 Å². The van der Waals surface area contributed by atoms with Crippen molar-refractivity contribution in [3.63, 3.8) is 0 Å². The number of nitrogens with zero attached hydrogens (tertiary/aromatic N) is 1. The average molecular weight is 344 g/mol. The maximum absolute atomic E-state index is 12.7. The number of carbonyl (C=O) groups excluding carboxylic acids is 2. The highest BCUT2D eigenvalue weighted by Gasteiger charge is 2.31. The molecule has 1 aromatic carbocycles. The molecule has 0 radical (unpaired) electrons. The number of carbonyl (C=O) groups is 2. The van der Waals surface area contributed by atoms with Crippen molar-refractivity contribution in [2.24, 2.45) is 11.8 Å². The molecular weight excluding hydrogens is 312 g/mol. The molecule has 0 atom stereocenters. The normalized spacial score (nSPS) is 20.4. The van der Waals surface area contributed by atoms with E-state index >= 15 is 0 Å². The lowest BCUT2D eigenvalue weighted by Gasteiger charge is -2.31. The Morgan fingerprint density at radius 1 is 1.04 bits per heavy atom. The summed E-state index contributed by atoms with van der Waals surface area (Å²) in [5, 5.41) is 3.12. The van der Waals surface area contributed by atoms with Crippen LogP contribution in [0.4, 0.5) is 5.69 Å².